The van der Waals surface area contributed by atoms with E-state index in [9.17, 15) is 18.0 Å². The first-order chi connectivity index (χ1) is 10.7. The number of rotatable bonds is 7. The third-order valence-corrected chi connectivity index (χ3v) is 4.80. The van der Waals surface area contributed by atoms with Gasteiger partial charge in [-0.3, -0.25) is 14.4 Å². The molecule has 0 aliphatic heterocycles. The summed E-state index contributed by atoms with van der Waals surface area (Å²) in [4.78, 5) is 28.3. The third kappa shape index (κ3) is 4.75. The van der Waals surface area contributed by atoms with Crippen molar-refractivity contribution in [2.24, 2.45) is 0 Å². The number of sulfonamides is 1. The predicted molar refractivity (Wildman–Crippen MR) is 84.0 cm³/mol. The minimum Gasteiger partial charge on any atom is -0.355 e. The number of likely N-dealkylation sites (N-methyl/N-ethyl adjacent to an activating group) is 1. The third-order valence-electron chi connectivity index (χ3n) is 3.10. The highest BCUT2D eigenvalue weighted by Crippen LogP contribution is 2.15. The van der Waals surface area contributed by atoms with E-state index in [1.165, 1.54) is 38.4 Å². The number of hydroxylamine groups is 1. The Kier molecular flexibility index (Phi) is 6.67. The summed E-state index contributed by atoms with van der Waals surface area (Å²) in [6.45, 7) is 3.82. The lowest BCUT2D eigenvalue weighted by Gasteiger charge is -2.15. The molecule has 0 saturated carbocycles. The van der Waals surface area contributed by atoms with Gasteiger partial charge in [0.15, 0.2) is 0 Å². The molecule has 1 aromatic carbocycles. The highest BCUT2D eigenvalue weighted by molar-refractivity contribution is 7.89. The molecule has 1 atom stereocenters. The number of carbonyl (C=O) groups is 2. The Morgan fingerprint density at radius 1 is 1.26 bits per heavy atom. The molecule has 0 spiro atoms. The maximum atomic E-state index is 12.0. The lowest BCUT2D eigenvalue weighted by atomic mass is 10.2. The van der Waals surface area contributed by atoms with Crippen LogP contribution in [0.25, 0.3) is 0 Å². The van der Waals surface area contributed by atoms with Gasteiger partial charge in [-0.05, 0) is 38.1 Å². The van der Waals surface area contributed by atoms with E-state index >= 15 is 0 Å². The van der Waals surface area contributed by atoms with E-state index in [2.05, 4.69) is 15.5 Å². The van der Waals surface area contributed by atoms with E-state index in [4.69, 9.17) is 0 Å². The summed E-state index contributed by atoms with van der Waals surface area (Å²) in [5, 5.41) is 5.13. The quantitative estimate of drug-likeness (QED) is 0.685. The standard InChI is InChI=1S/C14H21N3O5S/c1-5-15-13(18)10(2)16-14(19)11-6-8-12(9-7-11)23(20,21)17(3)22-4/h6-10H,5H2,1-4H3,(H,15,18)(H,16,19)/t10-/m0/s1. The minimum atomic E-state index is -3.76. The van der Waals surface area contributed by atoms with Crippen molar-refractivity contribution in [3.8, 4) is 0 Å². The monoisotopic (exact) mass is 343 g/mol. The fourth-order valence-corrected chi connectivity index (χ4v) is 2.67. The van der Waals surface area contributed by atoms with Gasteiger partial charge in [-0.2, -0.15) is 0 Å². The molecule has 0 aliphatic carbocycles. The molecule has 0 bridgehead atoms. The Hall–Kier alpha value is -1.97. The molecule has 0 fully saturated rings. The van der Waals surface area contributed by atoms with E-state index in [1.807, 2.05) is 0 Å². The molecule has 0 saturated heterocycles. The number of amides is 2. The molecule has 2 N–H and O–H groups in total. The van der Waals surface area contributed by atoms with Crippen molar-refractivity contribution in [3.63, 3.8) is 0 Å². The Balaban J connectivity index is 2.85. The van der Waals surface area contributed by atoms with Gasteiger partial charge in [0, 0.05) is 19.2 Å². The van der Waals surface area contributed by atoms with E-state index < -0.39 is 22.0 Å². The smallest absolute Gasteiger partial charge is 0.264 e. The molecular weight excluding hydrogens is 322 g/mol. The van der Waals surface area contributed by atoms with Crippen molar-refractivity contribution >= 4 is 21.8 Å². The van der Waals surface area contributed by atoms with Crippen LogP contribution < -0.4 is 10.6 Å². The topological polar surface area (TPSA) is 105 Å². The molecule has 128 valence electrons. The second-order valence-electron chi connectivity index (χ2n) is 4.71. The number of nitrogens with zero attached hydrogens (tertiary/aromatic N) is 1. The Labute approximate surface area is 135 Å². The molecule has 0 radical (unpaired) electrons. The minimum absolute atomic E-state index is 0.00447. The van der Waals surface area contributed by atoms with E-state index in [-0.39, 0.29) is 16.4 Å². The van der Waals surface area contributed by atoms with Crippen LogP contribution in [0.1, 0.15) is 24.2 Å². The predicted octanol–water partition coefficient (Wildman–Crippen LogP) is 0.123. The van der Waals surface area contributed by atoms with Crippen LogP contribution in [0.5, 0.6) is 0 Å². The molecule has 0 heterocycles. The number of hydrogen-bond acceptors (Lipinski definition) is 5. The summed E-state index contributed by atoms with van der Waals surface area (Å²) in [6.07, 6.45) is 0. The molecule has 8 nitrogen and oxygen atoms in total. The van der Waals surface area contributed by atoms with Crippen LogP contribution in [0.15, 0.2) is 29.2 Å². The van der Waals surface area contributed by atoms with Crippen LogP contribution in [-0.4, -0.2) is 51.4 Å². The normalized spacial score (nSPS) is 12.7. The van der Waals surface area contributed by atoms with Gasteiger partial charge in [-0.1, -0.05) is 4.47 Å². The first-order valence-electron chi connectivity index (χ1n) is 6.95. The van der Waals surface area contributed by atoms with Crippen LogP contribution in [0, 0.1) is 0 Å². The largest absolute Gasteiger partial charge is 0.355 e. The summed E-state index contributed by atoms with van der Waals surface area (Å²) in [7, 11) is -1.25. The summed E-state index contributed by atoms with van der Waals surface area (Å²) in [6, 6.07) is 4.66. The lowest BCUT2D eigenvalue weighted by molar-refractivity contribution is -0.122. The zero-order valence-corrected chi connectivity index (χ0v) is 14.3. The molecule has 23 heavy (non-hydrogen) atoms. The van der Waals surface area contributed by atoms with E-state index in [0.717, 1.165) is 4.47 Å². The molecule has 0 aliphatic rings. The summed E-state index contributed by atoms with van der Waals surface area (Å²) < 4.78 is 24.8. The number of benzene rings is 1. The van der Waals surface area contributed by atoms with Gasteiger partial charge in [-0.15, -0.1) is 0 Å². The van der Waals surface area contributed by atoms with Crippen molar-refractivity contribution < 1.29 is 22.8 Å². The van der Waals surface area contributed by atoms with Gasteiger partial charge in [0.2, 0.25) is 5.91 Å². The maximum Gasteiger partial charge on any atom is 0.264 e. The van der Waals surface area contributed by atoms with Gasteiger partial charge >= 0.3 is 0 Å². The number of nitrogens with one attached hydrogen (secondary N) is 2. The average molecular weight is 343 g/mol. The van der Waals surface area contributed by atoms with Gasteiger partial charge < -0.3 is 10.6 Å². The lowest BCUT2D eigenvalue weighted by Crippen LogP contribution is -2.44. The van der Waals surface area contributed by atoms with Gasteiger partial charge in [0.05, 0.1) is 12.0 Å². The summed E-state index contributed by atoms with van der Waals surface area (Å²) in [5.74, 6) is -0.755. The van der Waals surface area contributed by atoms with Crippen molar-refractivity contribution in [1.29, 1.82) is 0 Å². The van der Waals surface area contributed by atoms with E-state index in [1.54, 1.807) is 13.8 Å². The Bertz CT molecular complexity index is 657. The highest BCUT2D eigenvalue weighted by atomic mass is 32.2. The molecule has 0 unspecified atom stereocenters. The fraction of sp³-hybridized carbons (Fsp3) is 0.429. The average Bonchev–Trinajstić information content (AvgIpc) is 2.54. The summed E-state index contributed by atoms with van der Waals surface area (Å²) in [5.41, 5.74) is 0.250. The summed E-state index contributed by atoms with van der Waals surface area (Å²) >= 11 is 0. The van der Waals surface area contributed by atoms with Gasteiger partial charge in [0.25, 0.3) is 15.9 Å². The first kappa shape index (κ1) is 19.1. The molecular formula is C14H21N3O5S. The fourth-order valence-electron chi connectivity index (χ4n) is 1.70. The van der Waals surface area contributed by atoms with Crippen LogP contribution in [0.4, 0.5) is 0 Å². The molecule has 0 aromatic heterocycles. The Morgan fingerprint density at radius 2 is 1.83 bits per heavy atom. The molecule has 1 rings (SSSR count). The molecule has 2 amide bonds. The van der Waals surface area contributed by atoms with Crippen LogP contribution in [0.2, 0.25) is 0 Å². The number of carbonyl (C=O) groups excluding carboxylic acids is 2. The Morgan fingerprint density at radius 3 is 2.30 bits per heavy atom. The maximum absolute atomic E-state index is 12.0. The van der Waals surface area contributed by atoms with Crippen LogP contribution in [0.3, 0.4) is 0 Å². The van der Waals surface area contributed by atoms with Gasteiger partial charge in [0.1, 0.15) is 6.04 Å². The SMILES string of the molecule is CCNC(=O)[C@H](C)NC(=O)c1ccc(S(=O)(=O)N(C)OC)cc1. The van der Waals surface area contributed by atoms with Crippen molar-refractivity contribution in [2.75, 3.05) is 20.7 Å². The number of hydrogen-bond donors (Lipinski definition) is 2. The van der Waals surface area contributed by atoms with Crippen LogP contribution in [-0.2, 0) is 19.7 Å². The van der Waals surface area contributed by atoms with Crippen molar-refractivity contribution in [3.05, 3.63) is 29.8 Å². The molecule has 9 heteroatoms. The van der Waals surface area contributed by atoms with Gasteiger partial charge in [-0.25, -0.2) is 8.42 Å². The van der Waals surface area contributed by atoms with E-state index in [0.29, 0.717) is 6.54 Å². The first-order valence-corrected chi connectivity index (χ1v) is 8.39. The highest BCUT2D eigenvalue weighted by Gasteiger charge is 2.21. The van der Waals surface area contributed by atoms with Crippen molar-refractivity contribution in [1.82, 2.24) is 15.1 Å². The molecule has 1 aromatic rings. The zero-order chi connectivity index (χ0) is 17.6. The van der Waals surface area contributed by atoms with Crippen LogP contribution >= 0.6 is 0 Å². The van der Waals surface area contributed by atoms with Crippen molar-refractivity contribution in [2.45, 2.75) is 24.8 Å². The second-order valence-corrected chi connectivity index (χ2v) is 6.65. The zero-order valence-electron chi connectivity index (χ0n) is 13.5. The second kappa shape index (κ2) is 8.04.